The predicted octanol–water partition coefficient (Wildman–Crippen LogP) is 0.959. The zero-order valence-electron chi connectivity index (χ0n) is 11.6. The Bertz CT molecular complexity index is 503. The number of ketones is 1. The average molecular weight is 297 g/mol. The number of Topliss-reactive ketones (excluding diaryl/α,β-unsaturated/α-hetero) is 1. The van der Waals surface area contributed by atoms with E-state index in [0.29, 0.717) is 23.9 Å². The number of aliphatic hydroxyl groups excluding tert-OH is 1. The van der Waals surface area contributed by atoms with Gasteiger partial charge in [0.15, 0.2) is 5.78 Å². The zero-order valence-corrected chi connectivity index (χ0v) is 12.4. The van der Waals surface area contributed by atoms with Gasteiger partial charge in [0.25, 0.3) is 0 Å². The third-order valence-electron chi connectivity index (χ3n) is 3.19. The average Bonchev–Trinajstić information content (AvgIpc) is 2.87. The van der Waals surface area contributed by atoms with Gasteiger partial charge in [0.1, 0.15) is 11.0 Å². The predicted molar refractivity (Wildman–Crippen MR) is 76.1 cm³/mol. The number of rotatable bonds is 6. The molecular weight excluding hydrogens is 278 g/mol. The molecule has 0 saturated carbocycles. The molecule has 1 aliphatic heterocycles. The third kappa shape index (κ3) is 2.97. The lowest BCUT2D eigenvalue weighted by Crippen LogP contribution is -2.42. The number of aromatic nitrogens is 1. The van der Waals surface area contributed by atoms with Crippen LogP contribution in [-0.4, -0.2) is 41.1 Å². The molecule has 0 saturated heterocycles. The fourth-order valence-corrected chi connectivity index (χ4v) is 3.31. The molecule has 1 aromatic heterocycles. The van der Waals surface area contributed by atoms with Gasteiger partial charge < -0.3 is 10.4 Å². The molecule has 2 heterocycles. The summed E-state index contributed by atoms with van der Waals surface area (Å²) in [4.78, 5) is 22.6. The highest BCUT2D eigenvalue weighted by Gasteiger charge is 2.35. The van der Waals surface area contributed by atoms with Gasteiger partial charge in [0.05, 0.1) is 29.8 Å². The van der Waals surface area contributed by atoms with Gasteiger partial charge in [0, 0.05) is 13.6 Å². The van der Waals surface area contributed by atoms with E-state index >= 15 is 0 Å². The Hall–Kier alpha value is -1.12. The molecule has 0 amide bonds. The van der Waals surface area contributed by atoms with Crippen molar-refractivity contribution in [2.75, 3.05) is 20.2 Å². The third-order valence-corrected chi connectivity index (χ3v) is 4.35. The van der Waals surface area contributed by atoms with Gasteiger partial charge in [-0.25, -0.2) is 4.98 Å². The van der Waals surface area contributed by atoms with Crippen LogP contribution in [0, 0.1) is 0 Å². The number of nitrogens with one attached hydrogen (secondary N) is 1. The highest BCUT2D eigenvalue weighted by Crippen LogP contribution is 2.36. The lowest BCUT2D eigenvalue weighted by atomic mass is 10.0. The van der Waals surface area contributed by atoms with Crippen LogP contribution in [-0.2, 0) is 16.2 Å². The molecule has 0 aliphatic carbocycles. The fraction of sp³-hybridized carbons (Fsp3) is 0.538. The maximum Gasteiger partial charge on any atom is 0.152 e. The molecular formula is C13H19N3O3S. The summed E-state index contributed by atoms with van der Waals surface area (Å²) in [5, 5.41) is 14.8. The van der Waals surface area contributed by atoms with E-state index in [-0.39, 0.29) is 18.4 Å². The van der Waals surface area contributed by atoms with E-state index in [0.717, 1.165) is 4.88 Å². The number of hydrogen-bond acceptors (Lipinski definition) is 7. The van der Waals surface area contributed by atoms with Crippen LogP contribution in [0.2, 0.25) is 0 Å². The summed E-state index contributed by atoms with van der Waals surface area (Å²) in [5.74, 6) is 0.0224. The van der Waals surface area contributed by atoms with Gasteiger partial charge >= 0.3 is 0 Å². The van der Waals surface area contributed by atoms with Crippen LogP contribution in [0.5, 0.6) is 0 Å². The molecule has 6 nitrogen and oxygen atoms in total. The lowest BCUT2D eigenvalue weighted by molar-refractivity contribution is -0.159. The standard InChI is InChI=1S/C13H19N3O3S/c1-4-5-19-16(3)9-6-14-11(8(2)18)12-13(9)20-10(7-17)15-12/h4,9,11,14,17H,1,5-7H2,2-3H3. The fourth-order valence-electron chi connectivity index (χ4n) is 2.21. The van der Waals surface area contributed by atoms with Crippen molar-refractivity contribution < 1.29 is 14.7 Å². The molecule has 1 aromatic rings. The SMILES string of the molecule is C=CCON(C)C1CNC(C(C)=O)c2nc(CO)sc21. The van der Waals surface area contributed by atoms with Crippen LogP contribution >= 0.6 is 11.3 Å². The Morgan fingerprint density at radius 3 is 3.10 bits per heavy atom. The Morgan fingerprint density at radius 1 is 1.75 bits per heavy atom. The second-order valence-electron chi connectivity index (χ2n) is 4.61. The van der Waals surface area contributed by atoms with E-state index < -0.39 is 6.04 Å². The topological polar surface area (TPSA) is 74.7 Å². The molecule has 2 atom stereocenters. The number of thiazole rings is 1. The quantitative estimate of drug-likeness (QED) is 0.602. The van der Waals surface area contributed by atoms with Gasteiger partial charge in [-0.05, 0) is 6.92 Å². The Balaban J connectivity index is 2.29. The molecule has 0 aromatic carbocycles. The van der Waals surface area contributed by atoms with Crippen LogP contribution in [0.25, 0.3) is 0 Å². The first-order valence-electron chi connectivity index (χ1n) is 6.39. The second-order valence-corrected chi connectivity index (χ2v) is 5.73. The molecule has 0 bridgehead atoms. The van der Waals surface area contributed by atoms with Crippen molar-refractivity contribution in [1.29, 1.82) is 0 Å². The van der Waals surface area contributed by atoms with E-state index in [4.69, 9.17) is 4.84 Å². The molecule has 110 valence electrons. The van der Waals surface area contributed by atoms with E-state index in [1.54, 1.807) is 11.1 Å². The smallest absolute Gasteiger partial charge is 0.152 e. The Labute approximate surface area is 122 Å². The molecule has 20 heavy (non-hydrogen) atoms. The molecule has 2 unspecified atom stereocenters. The first-order chi connectivity index (χ1) is 9.58. The number of nitrogens with zero attached hydrogens (tertiary/aromatic N) is 2. The van der Waals surface area contributed by atoms with Crippen LogP contribution in [0.15, 0.2) is 12.7 Å². The second kappa shape index (κ2) is 6.55. The molecule has 0 radical (unpaired) electrons. The summed E-state index contributed by atoms with van der Waals surface area (Å²) < 4.78 is 0. The summed E-state index contributed by atoms with van der Waals surface area (Å²) in [6, 6.07) is -0.427. The van der Waals surface area contributed by atoms with Gasteiger partial charge in [-0.3, -0.25) is 9.63 Å². The number of carbonyl (C=O) groups excluding carboxylic acids is 1. The summed E-state index contributed by atoms with van der Waals surface area (Å²) in [6.45, 7) is 6.06. The molecule has 2 N–H and O–H groups in total. The van der Waals surface area contributed by atoms with Gasteiger partial charge in [-0.15, -0.1) is 17.9 Å². The number of hydrogen-bond donors (Lipinski definition) is 2. The van der Waals surface area contributed by atoms with Crippen molar-refractivity contribution in [3.05, 3.63) is 28.2 Å². The Morgan fingerprint density at radius 2 is 2.50 bits per heavy atom. The maximum atomic E-state index is 11.7. The minimum Gasteiger partial charge on any atom is -0.389 e. The minimum absolute atomic E-state index is 0.0224. The van der Waals surface area contributed by atoms with E-state index in [1.165, 1.54) is 18.3 Å². The summed E-state index contributed by atoms with van der Waals surface area (Å²) in [6.07, 6.45) is 1.68. The van der Waals surface area contributed by atoms with Crippen molar-refractivity contribution in [2.45, 2.75) is 25.6 Å². The van der Waals surface area contributed by atoms with Gasteiger partial charge in [0.2, 0.25) is 0 Å². The number of carbonyl (C=O) groups is 1. The molecule has 0 fully saturated rings. The van der Waals surface area contributed by atoms with Crippen LogP contribution in [0.1, 0.15) is 34.6 Å². The Kier molecular flexibility index (Phi) is 5.00. The van der Waals surface area contributed by atoms with Gasteiger partial charge in [-0.2, -0.15) is 5.06 Å². The highest BCUT2D eigenvalue weighted by molar-refractivity contribution is 7.11. The number of aliphatic hydroxyl groups is 1. The molecule has 7 heteroatoms. The van der Waals surface area contributed by atoms with Gasteiger partial charge in [-0.1, -0.05) is 6.08 Å². The number of fused-ring (bicyclic) bond motifs is 1. The van der Waals surface area contributed by atoms with E-state index in [2.05, 4.69) is 16.9 Å². The zero-order chi connectivity index (χ0) is 14.7. The summed E-state index contributed by atoms with van der Waals surface area (Å²) >= 11 is 1.43. The van der Waals surface area contributed by atoms with Crippen LogP contribution < -0.4 is 5.32 Å². The largest absolute Gasteiger partial charge is 0.389 e. The van der Waals surface area contributed by atoms with Crippen molar-refractivity contribution in [3.8, 4) is 0 Å². The highest BCUT2D eigenvalue weighted by atomic mass is 32.1. The first kappa shape index (κ1) is 15.3. The summed E-state index contributed by atoms with van der Waals surface area (Å²) in [5.41, 5.74) is 0.705. The van der Waals surface area contributed by atoms with Crippen molar-refractivity contribution >= 4 is 17.1 Å². The molecule has 0 spiro atoms. The van der Waals surface area contributed by atoms with Crippen molar-refractivity contribution in [3.63, 3.8) is 0 Å². The number of hydroxylamine groups is 2. The molecule has 2 rings (SSSR count). The first-order valence-corrected chi connectivity index (χ1v) is 7.21. The van der Waals surface area contributed by atoms with Crippen molar-refractivity contribution in [1.82, 2.24) is 15.4 Å². The minimum atomic E-state index is -0.398. The monoisotopic (exact) mass is 297 g/mol. The van der Waals surface area contributed by atoms with Crippen LogP contribution in [0.4, 0.5) is 0 Å². The number of likely N-dealkylation sites (N-methyl/N-ethyl adjacent to an activating group) is 1. The lowest BCUT2D eigenvalue weighted by Gasteiger charge is -2.32. The van der Waals surface area contributed by atoms with Crippen molar-refractivity contribution in [2.24, 2.45) is 0 Å². The van der Waals surface area contributed by atoms with E-state index in [1.807, 2.05) is 7.05 Å². The molecule has 1 aliphatic rings. The van der Waals surface area contributed by atoms with Crippen LogP contribution in [0.3, 0.4) is 0 Å². The summed E-state index contributed by atoms with van der Waals surface area (Å²) in [7, 11) is 1.84. The normalized spacial score (nSPS) is 21.8. The van der Waals surface area contributed by atoms with E-state index in [9.17, 15) is 9.90 Å². The maximum absolute atomic E-state index is 11.7.